The molecule has 11 heavy (non-hydrogen) atoms. The summed E-state index contributed by atoms with van der Waals surface area (Å²) in [6, 6.07) is 0. The first-order valence-corrected chi connectivity index (χ1v) is 4.83. The van der Waals surface area contributed by atoms with Gasteiger partial charge in [-0.15, -0.1) is 0 Å². The maximum atomic E-state index is 10.8. The highest BCUT2D eigenvalue weighted by atomic mass is 79.9. The van der Waals surface area contributed by atoms with Gasteiger partial charge in [0.25, 0.3) is 0 Å². The van der Waals surface area contributed by atoms with Crippen LogP contribution in [-0.2, 0) is 9.53 Å². The van der Waals surface area contributed by atoms with Crippen LogP contribution in [0.4, 0.5) is 0 Å². The molecule has 0 radical (unpaired) electrons. The Labute approximate surface area is 75.6 Å². The van der Waals surface area contributed by atoms with Crippen LogP contribution in [0, 0.1) is 0 Å². The first-order valence-electron chi connectivity index (χ1n) is 3.71. The molecule has 0 spiro atoms. The van der Waals surface area contributed by atoms with Gasteiger partial charge in [0, 0.05) is 18.5 Å². The summed E-state index contributed by atoms with van der Waals surface area (Å²) in [5.41, 5.74) is 0. The highest BCUT2D eigenvalue weighted by molar-refractivity contribution is 9.09. The number of carbonyl (C=O) groups is 1. The van der Waals surface area contributed by atoms with E-state index in [1.54, 1.807) is 0 Å². The van der Waals surface area contributed by atoms with Crippen LogP contribution in [0.3, 0.4) is 0 Å². The topological polar surface area (TPSA) is 38.3 Å². The van der Waals surface area contributed by atoms with Gasteiger partial charge in [0.1, 0.15) is 6.61 Å². The van der Waals surface area contributed by atoms with Gasteiger partial charge < -0.3 is 10.1 Å². The smallest absolute Gasteiger partial charge is 0.245 e. The minimum atomic E-state index is -0.0344. The van der Waals surface area contributed by atoms with Crippen LogP contribution < -0.4 is 5.32 Å². The number of rotatable bonds is 6. The number of carbonyl (C=O) groups excluding carboxylic acids is 1. The summed E-state index contributed by atoms with van der Waals surface area (Å²) in [7, 11) is 0. The number of amides is 1. The third-order valence-electron chi connectivity index (χ3n) is 1.07. The largest absolute Gasteiger partial charge is 0.372 e. The van der Waals surface area contributed by atoms with Crippen LogP contribution in [0.5, 0.6) is 0 Å². The summed E-state index contributed by atoms with van der Waals surface area (Å²) < 4.78 is 4.90. The third-order valence-corrected chi connectivity index (χ3v) is 1.63. The fourth-order valence-electron chi connectivity index (χ4n) is 0.540. The molecular weight excluding hydrogens is 210 g/mol. The van der Waals surface area contributed by atoms with Crippen molar-refractivity contribution in [2.24, 2.45) is 0 Å². The molecule has 0 aromatic heterocycles. The lowest BCUT2D eigenvalue weighted by Gasteiger charge is -2.02. The molecule has 1 N–H and O–H groups in total. The molecule has 0 saturated carbocycles. The molecule has 0 rings (SSSR count). The van der Waals surface area contributed by atoms with Gasteiger partial charge in [0.15, 0.2) is 0 Å². The first-order chi connectivity index (χ1) is 5.31. The zero-order valence-corrected chi connectivity index (χ0v) is 8.32. The van der Waals surface area contributed by atoms with Crippen LogP contribution in [0.15, 0.2) is 0 Å². The van der Waals surface area contributed by atoms with Crippen LogP contribution in [-0.4, -0.2) is 31.0 Å². The molecule has 0 aliphatic rings. The summed E-state index contributed by atoms with van der Waals surface area (Å²) >= 11 is 3.27. The maximum Gasteiger partial charge on any atom is 0.245 e. The quantitative estimate of drug-likeness (QED) is 0.538. The van der Waals surface area contributed by atoms with Crippen molar-refractivity contribution in [3.05, 3.63) is 0 Å². The second-order valence-electron chi connectivity index (χ2n) is 2.03. The van der Waals surface area contributed by atoms with E-state index in [0.29, 0.717) is 6.61 Å². The Balaban J connectivity index is 3.09. The molecule has 1 amide bonds. The molecule has 0 aromatic rings. The third kappa shape index (κ3) is 7.81. The second kappa shape index (κ2) is 8.01. The van der Waals surface area contributed by atoms with Crippen LogP contribution in [0.25, 0.3) is 0 Å². The number of alkyl halides is 1. The van der Waals surface area contributed by atoms with Gasteiger partial charge in [-0.25, -0.2) is 0 Å². The SMILES string of the molecule is CCOCC(=O)NCCCBr. The Morgan fingerprint density at radius 1 is 1.64 bits per heavy atom. The molecule has 0 aromatic carbocycles. The summed E-state index contributed by atoms with van der Waals surface area (Å²) in [6.45, 7) is 3.35. The fraction of sp³-hybridized carbons (Fsp3) is 0.857. The van der Waals surface area contributed by atoms with E-state index in [2.05, 4.69) is 21.2 Å². The molecule has 0 heterocycles. The highest BCUT2D eigenvalue weighted by Gasteiger charge is 1.97. The first kappa shape index (κ1) is 10.9. The van der Waals surface area contributed by atoms with Gasteiger partial charge in [-0.3, -0.25) is 4.79 Å². The van der Waals surface area contributed by atoms with Crippen LogP contribution in [0.1, 0.15) is 13.3 Å². The van der Waals surface area contributed by atoms with Crippen molar-refractivity contribution in [2.75, 3.05) is 25.1 Å². The predicted molar refractivity (Wildman–Crippen MR) is 47.9 cm³/mol. The lowest BCUT2D eigenvalue weighted by atomic mass is 10.5. The summed E-state index contributed by atoms with van der Waals surface area (Å²) in [4.78, 5) is 10.8. The fourth-order valence-corrected chi connectivity index (χ4v) is 0.821. The van der Waals surface area contributed by atoms with Gasteiger partial charge >= 0.3 is 0 Å². The normalized spacial score (nSPS) is 9.64. The van der Waals surface area contributed by atoms with Crippen molar-refractivity contribution < 1.29 is 9.53 Å². The van der Waals surface area contributed by atoms with Gasteiger partial charge in [0.2, 0.25) is 5.91 Å². The highest BCUT2D eigenvalue weighted by Crippen LogP contribution is 1.84. The van der Waals surface area contributed by atoms with Crippen molar-refractivity contribution in [1.82, 2.24) is 5.32 Å². The van der Waals surface area contributed by atoms with Crippen molar-refractivity contribution >= 4 is 21.8 Å². The average molecular weight is 224 g/mol. The maximum absolute atomic E-state index is 10.8. The van der Waals surface area contributed by atoms with E-state index in [1.807, 2.05) is 6.92 Å². The number of hydrogen-bond acceptors (Lipinski definition) is 2. The van der Waals surface area contributed by atoms with Crippen molar-refractivity contribution in [2.45, 2.75) is 13.3 Å². The molecule has 0 saturated heterocycles. The molecule has 0 bridgehead atoms. The van der Waals surface area contributed by atoms with E-state index < -0.39 is 0 Å². The second-order valence-corrected chi connectivity index (χ2v) is 2.82. The molecule has 0 unspecified atom stereocenters. The van der Waals surface area contributed by atoms with E-state index in [1.165, 1.54) is 0 Å². The average Bonchev–Trinajstić information content (AvgIpc) is 2.01. The van der Waals surface area contributed by atoms with E-state index >= 15 is 0 Å². The number of ether oxygens (including phenoxy) is 1. The van der Waals surface area contributed by atoms with Crippen molar-refractivity contribution in [3.63, 3.8) is 0 Å². The van der Waals surface area contributed by atoms with Gasteiger partial charge in [0.05, 0.1) is 0 Å². The minimum Gasteiger partial charge on any atom is -0.372 e. The Morgan fingerprint density at radius 3 is 2.91 bits per heavy atom. The van der Waals surface area contributed by atoms with E-state index in [-0.39, 0.29) is 12.5 Å². The van der Waals surface area contributed by atoms with Gasteiger partial charge in [-0.1, -0.05) is 15.9 Å². The summed E-state index contributed by atoms with van der Waals surface area (Å²) in [6.07, 6.45) is 0.956. The number of halogens is 1. The number of nitrogens with one attached hydrogen (secondary N) is 1. The molecule has 0 aliphatic carbocycles. The van der Waals surface area contributed by atoms with Crippen molar-refractivity contribution in [1.29, 1.82) is 0 Å². The Bertz CT molecular complexity index is 109. The van der Waals surface area contributed by atoms with Crippen LogP contribution in [0.2, 0.25) is 0 Å². The molecule has 0 atom stereocenters. The van der Waals surface area contributed by atoms with Gasteiger partial charge in [-0.05, 0) is 13.3 Å². The number of hydrogen-bond donors (Lipinski definition) is 1. The standard InChI is InChI=1S/C7H14BrNO2/c1-2-11-6-7(10)9-5-3-4-8/h2-6H2,1H3,(H,9,10). The zero-order valence-electron chi connectivity index (χ0n) is 6.73. The van der Waals surface area contributed by atoms with E-state index in [4.69, 9.17) is 4.74 Å². The van der Waals surface area contributed by atoms with E-state index in [9.17, 15) is 4.79 Å². The molecule has 4 heteroatoms. The van der Waals surface area contributed by atoms with Crippen LogP contribution >= 0.6 is 15.9 Å². The zero-order chi connectivity index (χ0) is 8.53. The lowest BCUT2D eigenvalue weighted by molar-refractivity contribution is -0.125. The molecule has 0 aliphatic heterocycles. The van der Waals surface area contributed by atoms with E-state index in [0.717, 1.165) is 18.3 Å². The molecular formula is C7H14BrNO2. The Hall–Kier alpha value is -0.0900. The Kier molecular flexibility index (Phi) is 7.95. The molecule has 66 valence electrons. The molecule has 3 nitrogen and oxygen atoms in total. The summed E-state index contributed by atoms with van der Waals surface area (Å²) in [5, 5.41) is 3.64. The van der Waals surface area contributed by atoms with Gasteiger partial charge in [-0.2, -0.15) is 0 Å². The monoisotopic (exact) mass is 223 g/mol. The lowest BCUT2D eigenvalue weighted by Crippen LogP contribution is -2.28. The summed E-state index contributed by atoms with van der Waals surface area (Å²) in [5.74, 6) is -0.0344. The predicted octanol–water partition coefficient (Wildman–Crippen LogP) is 0.924. The van der Waals surface area contributed by atoms with Crippen molar-refractivity contribution in [3.8, 4) is 0 Å². The molecule has 0 fully saturated rings. The Morgan fingerprint density at radius 2 is 2.36 bits per heavy atom. The minimum absolute atomic E-state index is 0.0344.